The molecule has 1 heterocycles. The van der Waals surface area contributed by atoms with Gasteiger partial charge in [0.15, 0.2) is 0 Å². The molecule has 0 saturated heterocycles. The molecule has 0 saturated carbocycles. The molecular weight excluding hydrogens is 454 g/mol. The third-order valence-electron chi connectivity index (χ3n) is 2.32. The topological polar surface area (TPSA) is 66.4 Å². The van der Waals surface area contributed by atoms with Crippen molar-refractivity contribution in [1.29, 1.82) is 0 Å². The van der Waals surface area contributed by atoms with E-state index in [-0.39, 0.29) is 11.5 Å². The summed E-state index contributed by atoms with van der Waals surface area (Å²) in [6, 6.07) is 6.17. The molecule has 0 spiro atoms. The van der Waals surface area contributed by atoms with Gasteiger partial charge in [-0.05, 0) is 56.1 Å². The van der Waals surface area contributed by atoms with E-state index >= 15 is 0 Å². The van der Waals surface area contributed by atoms with Crippen LogP contribution in [0.4, 0.5) is 5.69 Å². The van der Waals surface area contributed by atoms with Crippen molar-refractivity contribution in [3.05, 3.63) is 42.4 Å². The normalized spacial score (nSPS) is 11.6. The summed E-state index contributed by atoms with van der Waals surface area (Å²) in [5.41, 5.74) is 0.393. The minimum atomic E-state index is -3.72. The predicted molar refractivity (Wildman–Crippen MR) is 87.9 cm³/mol. The second kappa shape index (κ2) is 6.33. The zero-order valence-electron chi connectivity index (χ0n) is 9.73. The van der Waals surface area contributed by atoms with Crippen LogP contribution in [-0.2, 0) is 16.6 Å². The Labute approximate surface area is 142 Å². The number of nitrogens with one attached hydrogen (secondary N) is 1. The van der Waals surface area contributed by atoms with Crippen molar-refractivity contribution < 1.29 is 13.5 Å². The Hall–Kier alpha value is -0.120. The molecule has 0 fully saturated rings. The Bertz CT molecular complexity index is 746. The van der Waals surface area contributed by atoms with Gasteiger partial charge in [-0.15, -0.1) is 11.3 Å². The fraction of sp³-hybridized carbons (Fsp3) is 0.0909. The van der Waals surface area contributed by atoms with E-state index < -0.39 is 10.0 Å². The van der Waals surface area contributed by atoms with Crippen LogP contribution in [0, 0.1) is 0 Å². The van der Waals surface area contributed by atoms with Gasteiger partial charge in [-0.25, -0.2) is 8.42 Å². The molecule has 20 heavy (non-hydrogen) atoms. The first-order valence-corrected chi connectivity index (χ1v) is 9.47. The molecule has 0 radical (unpaired) electrons. The number of aliphatic hydroxyl groups excluding tert-OH is 1. The van der Waals surface area contributed by atoms with Gasteiger partial charge in [-0.2, -0.15) is 0 Å². The second-order valence-electron chi connectivity index (χ2n) is 3.74. The van der Waals surface area contributed by atoms with Gasteiger partial charge < -0.3 is 5.11 Å². The minimum Gasteiger partial charge on any atom is -0.391 e. The summed E-state index contributed by atoms with van der Waals surface area (Å²) >= 11 is 13.5. The zero-order valence-corrected chi connectivity index (χ0v) is 15.3. The van der Waals surface area contributed by atoms with Crippen molar-refractivity contribution >= 4 is 70.5 Å². The van der Waals surface area contributed by atoms with Gasteiger partial charge in [0.2, 0.25) is 0 Å². The van der Waals surface area contributed by atoms with Crippen molar-refractivity contribution in [3.8, 4) is 0 Å². The average Bonchev–Trinajstić information content (AvgIpc) is 2.76. The SMILES string of the molecule is O=S(=O)(Nc1ccc(Cl)c(Br)c1)c1cc(CO)sc1Br. The number of rotatable bonds is 4. The maximum Gasteiger partial charge on any atom is 0.263 e. The van der Waals surface area contributed by atoms with E-state index in [2.05, 4.69) is 36.6 Å². The van der Waals surface area contributed by atoms with Crippen LogP contribution in [0.5, 0.6) is 0 Å². The maximum absolute atomic E-state index is 12.3. The maximum atomic E-state index is 12.3. The van der Waals surface area contributed by atoms with Crippen LogP contribution in [0.25, 0.3) is 0 Å². The quantitative estimate of drug-likeness (QED) is 0.717. The van der Waals surface area contributed by atoms with Gasteiger partial charge in [-0.3, -0.25) is 4.72 Å². The summed E-state index contributed by atoms with van der Waals surface area (Å²) in [6.07, 6.45) is 0. The zero-order chi connectivity index (χ0) is 14.9. The van der Waals surface area contributed by atoms with Gasteiger partial charge in [0.1, 0.15) is 4.90 Å². The molecule has 9 heteroatoms. The van der Waals surface area contributed by atoms with Crippen molar-refractivity contribution in [1.82, 2.24) is 0 Å². The molecule has 2 rings (SSSR count). The Morgan fingerprint density at radius 3 is 2.55 bits per heavy atom. The highest BCUT2D eigenvalue weighted by Crippen LogP contribution is 2.33. The Balaban J connectivity index is 2.35. The molecular formula is C11H8Br2ClNO3S2. The smallest absolute Gasteiger partial charge is 0.263 e. The summed E-state index contributed by atoms with van der Waals surface area (Å²) in [5, 5.41) is 9.54. The van der Waals surface area contributed by atoms with Crippen molar-refractivity contribution in [2.45, 2.75) is 11.5 Å². The molecule has 0 atom stereocenters. The van der Waals surface area contributed by atoms with Crippen LogP contribution in [0.2, 0.25) is 5.02 Å². The van der Waals surface area contributed by atoms with Crippen LogP contribution < -0.4 is 4.72 Å². The highest BCUT2D eigenvalue weighted by molar-refractivity contribution is 9.11. The van der Waals surface area contributed by atoms with Gasteiger partial charge in [0.25, 0.3) is 10.0 Å². The first-order valence-electron chi connectivity index (χ1n) is 5.20. The van der Waals surface area contributed by atoms with Crippen molar-refractivity contribution in [2.24, 2.45) is 0 Å². The Morgan fingerprint density at radius 1 is 1.30 bits per heavy atom. The van der Waals surface area contributed by atoms with E-state index in [4.69, 9.17) is 16.7 Å². The first kappa shape index (κ1) is 16.3. The van der Waals surface area contributed by atoms with Crippen LogP contribution in [-0.4, -0.2) is 13.5 Å². The number of sulfonamides is 1. The second-order valence-corrected chi connectivity index (χ2v) is 9.11. The fourth-order valence-corrected chi connectivity index (χ4v) is 5.52. The molecule has 2 N–H and O–H groups in total. The Kier molecular flexibility index (Phi) is 5.14. The molecule has 0 bridgehead atoms. The van der Waals surface area contributed by atoms with E-state index in [0.717, 1.165) is 0 Å². The van der Waals surface area contributed by atoms with E-state index in [1.54, 1.807) is 18.2 Å². The molecule has 0 amide bonds. The van der Waals surface area contributed by atoms with Crippen LogP contribution in [0.3, 0.4) is 0 Å². The number of benzene rings is 1. The lowest BCUT2D eigenvalue weighted by Crippen LogP contribution is -2.12. The van der Waals surface area contributed by atoms with Gasteiger partial charge in [0, 0.05) is 9.35 Å². The number of halogens is 3. The van der Waals surface area contributed by atoms with E-state index in [1.165, 1.54) is 17.4 Å². The standard InChI is InChI=1S/C11H8Br2ClNO3S2/c12-8-3-6(1-2-9(8)14)15-20(17,18)10-4-7(5-16)19-11(10)13/h1-4,15-16H,5H2. The fourth-order valence-electron chi connectivity index (χ4n) is 1.43. The van der Waals surface area contributed by atoms with E-state index in [1.807, 2.05) is 0 Å². The van der Waals surface area contributed by atoms with Gasteiger partial charge in [-0.1, -0.05) is 11.6 Å². The highest BCUT2D eigenvalue weighted by Gasteiger charge is 2.21. The van der Waals surface area contributed by atoms with Gasteiger partial charge >= 0.3 is 0 Å². The molecule has 0 aliphatic rings. The number of anilines is 1. The highest BCUT2D eigenvalue weighted by atomic mass is 79.9. The number of thiophene rings is 1. The first-order chi connectivity index (χ1) is 9.33. The van der Waals surface area contributed by atoms with Gasteiger partial charge in [0.05, 0.1) is 21.1 Å². The third-order valence-corrected chi connectivity index (χ3v) is 7.16. The third kappa shape index (κ3) is 3.55. The summed E-state index contributed by atoms with van der Waals surface area (Å²) in [5.74, 6) is 0. The lowest BCUT2D eigenvalue weighted by molar-refractivity contribution is 0.285. The van der Waals surface area contributed by atoms with E-state index in [0.29, 0.717) is 23.8 Å². The lowest BCUT2D eigenvalue weighted by atomic mass is 10.3. The van der Waals surface area contributed by atoms with Crippen LogP contribution in [0.1, 0.15) is 4.88 Å². The number of hydrogen-bond acceptors (Lipinski definition) is 4. The molecule has 1 aromatic carbocycles. The minimum absolute atomic E-state index is 0.0950. The summed E-state index contributed by atoms with van der Waals surface area (Å²) in [4.78, 5) is 0.659. The Morgan fingerprint density at radius 2 is 2.00 bits per heavy atom. The summed E-state index contributed by atoms with van der Waals surface area (Å²) < 4.78 is 28.1. The van der Waals surface area contributed by atoms with Crippen LogP contribution in [0.15, 0.2) is 37.4 Å². The molecule has 0 aliphatic carbocycles. The number of aliphatic hydroxyl groups is 1. The number of hydrogen-bond donors (Lipinski definition) is 2. The molecule has 1 aromatic heterocycles. The van der Waals surface area contributed by atoms with Crippen molar-refractivity contribution in [2.75, 3.05) is 4.72 Å². The largest absolute Gasteiger partial charge is 0.391 e. The summed E-state index contributed by atoms with van der Waals surface area (Å²) in [6.45, 7) is -0.203. The molecule has 4 nitrogen and oxygen atoms in total. The molecule has 0 unspecified atom stereocenters. The molecule has 0 aliphatic heterocycles. The molecule has 108 valence electrons. The lowest BCUT2D eigenvalue weighted by Gasteiger charge is -2.08. The monoisotopic (exact) mass is 459 g/mol. The van der Waals surface area contributed by atoms with Crippen molar-refractivity contribution in [3.63, 3.8) is 0 Å². The van der Waals surface area contributed by atoms with E-state index in [9.17, 15) is 8.42 Å². The predicted octanol–water partition coefficient (Wildman–Crippen LogP) is 4.22. The van der Waals surface area contributed by atoms with Crippen LogP contribution >= 0.6 is 54.8 Å². The average molecular weight is 462 g/mol. The summed E-state index contributed by atoms with van der Waals surface area (Å²) in [7, 11) is -3.72. The molecule has 2 aromatic rings.